The highest BCUT2D eigenvalue weighted by molar-refractivity contribution is 5.23. The van der Waals surface area contributed by atoms with Crippen LogP contribution in [0.2, 0.25) is 0 Å². The Hall–Kier alpha value is -1.17. The molecule has 2 N–H and O–H groups in total. The Morgan fingerprint density at radius 1 is 1.30 bits per heavy atom. The van der Waals surface area contributed by atoms with Gasteiger partial charge in [-0.3, -0.25) is 0 Å². The number of likely N-dealkylation sites (tertiary alicyclic amines) is 1. The van der Waals surface area contributed by atoms with Crippen molar-refractivity contribution in [3.8, 4) is 5.75 Å². The SMILES string of the molecule is OCC1CCN(CC(O)COc2ccccc2F)CC1. The zero-order chi connectivity index (χ0) is 14.4. The fourth-order valence-electron chi connectivity index (χ4n) is 2.45. The predicted molar refractivity (Wildman–Crippen MR) is 74.2 cm³/mol. The summed E-state index contributed by atoms with van der Waals surface area (Å²) in [4.78, 5) is 2.15. The van der Waals surface area contributed by atoms with Gasteiger partial charge in [-0.25, -0.2) is 4.39 Å². The van der Waals surface area contributed by atoms with Crippen LogP contribution in [0.4, 0.5) is 4.39 Å². The van der Waals surface area contributed by atoms with Crippen LogP contribution < -0.4 is 4.74 Å². The lowest BCUT2D eigenvalue weighted by atomic mass is 9.98. The topological polar surface area (TPSA) is 52.9 Å². The van der Waals surface area contributed by atoms with Gasteiger partial charge in [-0.15, -0.1) is 0 Å². The van der Waals surface area contributed by atoms with Crippen molar-refractivity contribution in [3.05, 3.63) is 30.1 Å². The number of ether oxygens (including phenoxy) is 1. The zero-order valence-corrected chi connectivity index (χ0v) is 11.5. The van der Waals surface area contributed by atoms with Crippen LogP contribution in [0.5, 0.6) is 5.75 Å². The number of hydrogen-bond donors (Lipinski definition) is 2. The molecule has 1 fully saturated rings. The van der Waals surface area contributed by atoms with E-state index in [9.17, 15) is 9.50 Å². The number of nitrogens with zero attached hydrogens (tertiary/aromatic N) is 1. The third-order valence-electron chi connectivity index (χ3n) is 3.70. The number of aliphatic hydroxyl groups is 2. The first-order chi connectivity index (χ1) is 9.69. The highest BCUT2D eigenvalue weighted by Crippen LogP contribution is 2.18. The van der Waals surface area contributed by atoms with Crippen molar-refractivity contribution in [1.29, 1.82) is 0 Å². The van der Waals surface area contributed by atoms with E-state index in [1.165, 1.54) is 6.07 Å². The molecule has 2 rings (SSSR count). The van der Waals surface area contributed by atoms with Crippen LogP contribution in [-0.4, -0.2) is 54.1 Å². The van der Waals surface area contributed by atoms with Crippen molar-refractivity contribution in [2.24, 2.45) is 5.92 Å². The summed E-state index contributed by atoms with van der Waals surface area (Å²) in [5, 5.41) is 19.0. The van der Waals surface area contributed by atoms with E-state index < -0.39 is 11.9 Å². The van der Waals surface area contributed by atoms with Gasteiger partial charge < -0.3 is 19.8 Å². The minimum atomic E-state index is -0.639. The van der Waals surface area contributed by atoms with Crippen LogP contribution in [0.15, 0.2) is 24.3 Å². The van der Waals surface area contributed by atoms with E-state index in [1.54, 1.807) is 18.2 Å². The molecule has 0 saturated carbocycles. The Morgan fingerprint density at radius 3 is 2.65 bits per heavy atom. The van der Waals surface area contributed by atoms with Crippen LogP contribution in [0.25, 0.3) is 0 Å². The van der Waals surface area contributed by atoms with Crippen LogP contribution >= 0.6 is 0 Å². The van der Waals surface area contributed by atoms with Gasteiger partial charge in [0.25, 0.3) is 0 Å². The number of aliphatic hydroxyl groups excluding tert-OH is 2. The van der Waals surface area contributed by atoms with Crippen molar-refractivity contribution in [2.75, 3.05) is 32.8 Å². The van der Waals surface area contributed by atoms with Crippen molar-refractivity contribution >= 4 is 0 Å². The summed E-state index contributed by atoms with van der Waals surface area (Å²) < 4.78 is 18.6. The fraction of sp³-hybridized carbons (Fsp3) is 0.600. The van der Waals surface area contributed by atoms with Gasteiger partial charge in [0.2, 0.25) is 0 Å². The van der Waals surface area contributed by atoms with E-state index in [0.717, 1.165) is 25.9 Å². The molecular formula is C15H22FNO3. The van der Waals surface area contributed by atoms with E-state index in [-0.39, 0.29) is 19.0 Å². The van der Waals surface area contributed by atoms with Gasteiger partial charge >= 0.3 is 0 Å². The van der Waals surface area contributed by atoms with Crippen LogP contribution in [0.1, 0.15) is 12.8 Å². The molecule has 1 atom stereocenters. The molecule has 20 heavy (non-hydrogen) atoms. The number of benzene rings is 1. The minimum Gasteiger partial charge on any atom is -0.488 e. The molecule has 0 spiro atoms. The summed E-state index contributed by atoms with van der Waals surface area (Å²) >= 11 is 0. The molecule has 1 heterocycles. The number of β-amino-alcohol motifs (C(OH)–C–C–N with tert-alkyl or cyclic N) is 1. The Morgan fingerprint density at radius 2 is 2.00 bits per heavy atom. The van der Waals surface area contributed by atoms with Crippen molar-refractivity contribution in [2.45, 2.75) is 18.9 Å². The molecule has 112 valence electrons. The number of piperidine rings is 1. The lowest BCUT2D eigenvalue weighted by Crippen LogP contribution is -2.41. The molecular weight excluding hydrogens is 261 g/mol. The Labute approximate surface area is 118 Å². The van der Waals surface area contributed by atoms with Gasteiger partial charge in [0.1, 0.15) is 12.7 Å². The first kappa shape index (κ1) is 15.2. The zero-order valence-electron chi connectivity index (χ0n) is 11.5. The molecule has 0 bridgehead atoms. The number of rotatable bonds is 6. The second kappa shape index (κ2) is 7.57. The normalized spacial score (nSPS) is 18.9. The molecule has 1 saturated heterocycles. The smallest absolute Gasteiger partial charge is 0.165 e. The van der Waals surface area contributed by atoms with E-state index in [2.05, 4.69) is 4.90 Å². The maximum atomic E-state index is 13.3. The van der Waals surface area contributed by atoms with Gasteiger partial charge in [0.05, 0.1) is 0 Å². The van der Waals surface area contributed by atoms with Crippen molar-refractivity contribution in [3.63, 3.8) is 0 Å². The maximum Gasteiger partial charge on any atom is 0.165 e. The molecule has 0 aliphatic carbocycles. The molecule has 0 aromatic heterocycles. The van der Waals surface area contributed by atoms with E-state index in [4.69, 9.17) is 9.84 Å². The molecule has 1 unspecified atom stereocenters. The lowest BCUT2D eigenvalue weighted by molar-refractivity contribution is 0.0479. The summed E-state index contributed by atoms with van der Waals surface area (Å²) in [6.07, 6.45) is 1.27. The number of para-hydroxylation sites is 1. The van der Waals surface area contributed by atoms with E-state index in [1.807, 2.05) is 0 Å². The standard InChI is InChI=1S/C15H22FNO3/c16-14-3-1-2-4-15(14)20-11-13(19)9-17-7-5-12(10-18)6-8-17/h1-4,12-13,18-19H,5-11H2. The minimum absolute atomic E-state index is 0.0842. The van der Waals surface area contributed by atoms with Crippen molar-refractivity contribution < 1.29 is 19.3 Å². The summed E-state index contributed by atoms with van der Waals surface area (Å²) in [5.41, 5.74) is 0. The molecule has 1 aliphatic rings. The first-order valence-corrected chi connectivity index (χ1v) is 7.07. The van der Waals surface area contributed by atoms with Crippen LogP contribution in [0.3, 0.4) is 0 Å². The van der Waals surface area contributed by atoms with E-state index in [0.29, 0.717) is 12.5 Å². The molecule has 1 aliphatic heterocycles. The third kappa shape index (κ3) is 4.44. The Balaban J connectivity index is 1.71. The van der Waals surface area contributed by atoms with Gasteiger partial charge in [-0.2, -0.15) is 0 Å². The average molecular weight is 283 g/mol. The van der Waals surface area contributed by atoms with Gasteiger partial charge in [-0.05, 0) is 44.0 Å². The number of halogens is 1. The van der Waals surface area contributed by atoms with Crippen LogP contribution in [0, 0.1) is 11.7 Å². The summed E-state index contributed by atoms with van der Waals surface area (Å²) in [7, 11) is 0. The molecule has 1 aromatic rings. The molecule has 4 nitrogen and oxygen atoms in total. The average Bonchev–Trinajstić information content (AvgIpc) is 2.47. The largest absolute Gasteiger partial charge is 0.488 e. The van der Waals surface area contributed by atoms with Gasteiger partial charge in [0, 0.05) is 13.2 Å². The first-order valence-electron chi connectivity index (χ1n) is 7.07. The molecule has 5 heteroatoms. The summed E-state index contributed by atoms with van der Waals surface area (Å²) in [6.45, 7) is 2.60. The summed E-state index contributed by atoms with van der Waals surface area (Å²) in [6, 6.07) is 6.19. The Kier molecular flexibility index (Phi) is 5.76. The molecule has 0 amide bonds. The maximum absolute atomic E-state index is 13.3. The van der Waals surface area contributed by atoms with E-state index >= 15 is 0 Å². The molecule has 1 aromatic carbocycles. The second-order valence-corrected chi connectivity index (χ2v) is 5.32. The van der Waals surface area contributed by atoms with Gasteiger partial charge in [0.15, 0.2) is 11.6 Å². The van der Waals surface area contributed by atoms with Gasteiger partial charge in [-0.1, -0.05) is 12.1 Å². The monoisotopic (exact) mass is 283 g/mol. The summed E-state index contributed by atoms with van der Waals surface area (Å²) in [5.74, 6) is 0.145. The second-order valence-electron chi connectivity index (χ2n) is 5.32. The van der Waals surface area contributed by atoms with Crippen LogP contribution in [-0.2, 0) is 0 Å². The highest BCUT2D eigenvalue weighted by atomic mass is 19.1. The van der Waals surface area contributed by atoms with Crippen molar-refractivity contribution in [1.82, 2.24) is 4.90 Å². The number of hydrogen-bond acceptors (Lipinski definition) is 4. The third-order valence-corrected chi connectivity index (χ3v) is 3.70. The fourth-order valence-corrected chi connectivity index (χ4v) is 2.45. The Bertz CT molecular complexity index is 408. The lowest BCUT2D eigenvalue weighted by Gasteiger charge is -2.32. The predicted octanol–water partition coefficient (Wildman–Crippen LogP) is 1.27. The quantitative estimate of drug-likeness (QED) is 0.825. The molecule has 0 radical (unpaired) electrons. The highest BCUT2D eigenvalue weighted by Gasteiger charge is 2.20.